The molecule has 0 aliphatic rings. The first-order valence-electron chi connectivity index (χ1n) is 5.48. The number of hydrogen-bond donors (Lipinski definition) is 1. The van der Waals surface area contributed by atoms with Crippen LogP contribution in [0.5, 0.6) is 0 Å². The molecule has 0 radical (unpaired) electrons. The Kier molecular flexibility index (Phi) is 4.38. The molecular weight excluding hydrogens is 186 g/mol. The number of nitrogens with zero attached hydrogens (tertiary/aromatic N) is 2. The number of hydrogen-bond acceptors (Lipinski definition) is 2. The van der Waals surface area contributed by atoms with Gasteiger partial charge in [-0.25, -0.2) is 0 Å². The van der Waals surface area contributed by atoms with Crippen LogP contribution in [0.2, 0.25) is 0 Å². The lowest BCUT2D eigenvalue weighted by molar-refractivity contribution is 0.598. The van der Waals surface area contributed by atoms with Crippen LogP contribution in [0.15, 0.2) is 6.20 Å². The number of aromatic nitrogens is 2. The van der Waals surface area contributed by atoms with Crippen molar-refractivity contribution in [2.45, 2.75) is 46.2 Å². The Balaban J connectivity index is 2.79. The molecule has 3 nitrogen and oxygen atoms in total. The van der Waals surface area contributed by atoms with Crippen LogP contribution in [0.25, 0.3) is 0 Å². The Labute approximate surface area is 91.7 Å². The molecule has 1 atom stereocenters. The molecule has 0 saturated heterocycles. The van der Waals surface area contributed by atoms with Gasteiger partial charge >= 0.3 is 0 Å². The molecule has 15 heavy (non-hydrogen) atoms. The predicted octanol–water partition coefficient (Wildman–Crippen LogP) is 1.69. The van der Waals surface area contributed by atoms with Gasteiger partial charge in [-0.05, 0) is 19.8 Å². The summed E-state index contributed by atoms with van der Waals surface area (Å²) >= 11 is 0. The minimum atomic E-state index is -0.0288. The van der Waals surface area contributed by atoms with Crippen molar-refractivity contribution in [1.82, 2.24) is 9.78 Å². The van der Waals surface area contributed by atoms with Crippen molar-refractivity contribution < 1.29 is 0 Å². The minimum Gasteiger partial charge on any atom is -0.318 e. The Morgan fingerprint density at radius 3 is 2.87 bits per heavy atom. The van der Waals surface area contributed by atoms with E-state index >= 15 is 0 Å². The molecule has 82 valence electrons. The lowest BCUT2D eigenvalue weighted by Crippen LogP contribution is -2.15. The molecule has 0 amide bonds. The quantitative estimate of drug-likeness (QED) is 0.763. The molecule has 0 bridgehead atoms. The van der Waals surface area contributed by atoms with E-state index in [0.717, 1.165) is 30.6 Å². The molecule has 1 rings (SSSR count). The van der Waals surface area contributed by atoms with Gasteiger partial charge in [0.2, 0.25) is 0 Å². The Bertz CT molecular complexity index is 368. The Hall–Kier alpha value is -1.27. The van der Waals surface area contributed by atoms with Crippen LogP contribution in [0, 0.1) is 18.8 Å². The van der Waals surface area contributed by atoms with Crippen LogP contribution >= 0.6 is 0 Å². The van der Waals surface area contributed by atoms with Gasteiger partial charge in [0.25, 0.3) is 0 Å². The SMILES string of the molecule is CCCn1cc(C#CC(N)CC)c(C)n1. The van der Waals surface area contributed by atoms with Crippen molar-refractivity contribution >= 4 is 0 Å². The van der Waals surface area contributed by atoms with Crippen molar-refractivity contribution in [2.24, 2.45) is 5.73 Å². The lowest BCUT2D eigenvalue weighted by Gasteiger charge is -1.94. The zero-order valence-electron chi connectivity index (χ0n) is 9.75. The highest BCUT2D eigenvalue weighted by Gasteiger charge is 2.01. The topological polar surface area (TPSA) is 43.8 Å². The van der Waals surface area contributed by atoms with Crippen LogP contribution in [0.3, 0.4) is 0 Å². The van der Waals surface area contributed by atoms with Gasteiger partial charge in [-0.2, -0.15) is 5.10 Å². The maximum absolute atomic E-state index is 5.74. The van der Waals surface area contributed by atoms with Crippen LogP contribution in [-0.4, -0.2) is 15.8 Å². The van der Waals surface area contributed by atoms with Crippen molar-refractivity contribution in [2.75, 3.05) is 0 Å². The first-order valence-corrected chi connectivity index (χ1v) is 5.48. The summed E-state index contributed by atoms with van der Waals surface area (Å²) in [5.41, 5.74) is 7.71. The van der Waals surface area contributed by atoms with Gasteiger partial charge in [0.15, 0.2) is 0 Å². The zero-order valence-corrected chi connectivity index (χ0v) is 9.75. The maximum atomic E-state index is 5.74. The second kappa shape index (κ2) is 5.57. The number of aryl methyl sites for hydroxylation is 2. The monoisotopic (exact) mass is 205 g/mol. The number of nitrogens with two attached hydrogens (primary N) is 1. The first kappa shape index (κ1) is 11.8. The standard InChI is InChI=1S/C12H19N3/c1-4-8-15-9-11(10(3)14-15)6-7-12(13)5-2/h9,12H,4-5,8,13H2,1-3H3. The fourth-order valence-electron chi connectivity index (χ4n) is 1.26. The molecule has 0 aliphatic carbocycles. The van der Waals surface area contributed by atoms with Gasteiger partial charge in [0, 0.05) is 12.7 Å². The fraction of sp³-hybridized carbons (Fsp3) is 0.583. The van der Waals surface area contributed by atoms with Crippen LogP contribution in [0.1, 0.15) is 37.9 Å². The highest BCUT2D eigenvalue weighted by Crippen LogP contribution is 2.04. The van der Waals surface area contributed by atoms with E-state index in [1.54, 1.807) is 0 Å². The summed E-state index contributed by atoms with van der Waals surface area (Å²) in [6.07, 6.45) is 3.96. The van der Waals surface area contributed by atoms with E-state index in [9.17, 15) is 0 Å². The molecule has 0 aliphatic heterocycles. The molecule has 1 heterocycles. The summed E-state index contributed by atoms with van der Waals surface area (Å²) in [6.45, 7) is 7.10. The van der Waals surface area contributed by atoms with Crippen LogP contribution in [0.4, 0.5) is 0 Å². The highest BCUT2D eigenvalue weighted by atomic mass is 15.3. The summed E-state index contributed by atoms with van der Waals surface area (Å²) in [5.74, 6) is 6.10. The van der Waals surface area contributed by atoms with Gasteiger partial charge in [0.05, 0.1) is 17.3 Å². The van der Waals surface area contributed by atoms with Gasteiger partial charge in [-0.3, -0.25) is 4.68 Å². The van der Waals surface area contributed by atoms with Crippen molar-refractivity contribution in [3.05, 3.63) is 17.5 Å². The van der Waals surface area contributed by atoms with Gasteiger partial charge in [-0.15, -0.1) is 0 Å². The summed E-state index contributed by atoms with van der Waals surface area (Å²) in [7, 11) is 0. The summed E-state index contributed by atoms with van der Waals surface area (Å²) < 4.78 is 1.94. The van der Waals surface area contributed by atoms with E-state index in [1.165, 1.54) is 0 Å². The molecule has 1 unspecified atom stereocenters. The van der Waals surface area contributed by atoms with E-state index in [2.05, 4.69) is 23.9 Å². The van der Waals surface area contributed by atoms with Gasteiger partial charge in [-0.1, -0.05) is 25.7 Å². The highest BCUT2D eigenvalue weighted by molar-refractivity contribution is 5.36. The van der Waals surface area contributed by atoms with Gasteiger partial charge < -0.3 is 5.73 Å². The third-order valence-corrected chi connectivity index (χ3v) is 2.23. The predicted molar refractivity (Wildman–Crippen MR) is 62.4 cm³/mol. The molecule has 0 saturated carbocycles. The van der Waals surface area contributed by atoms with Crippen LogP contribution in [-0.2, 0) is 6.54 Å². The Morgan fingerprint density at radius 2 is 2.27 bits per heavy atom. The van der Waals surface area contributed by atoms with E-state index in [1.807, 2.05) is 24.7 Å². The smallest absolute Gasteiger partial charge is 0.0750 e. The third-order valence-electron chi connectivity index (χ3n) is 2.23. The van der Waals surface area contributed by atoms with Crippen LogP contribution < -0.4 is 5.73 Å². The van der Waals surface area contributed by atoms with Crippen molar-refractivity contribution in [1.29, 1.82) is 0 Å². The lowest BCUT2D eigenvalue weighted by atomic mass is 10.2. The molecular formula is C12H19N3. The summed E-state index contributed by atoms with van der Waals surface area (Å²) in [6, 6.07) is -0.0288. The zero-order chi connectivity index (χ0) is 11.3. The summed E-state index contributed by atoms with van der Waals surface area (Å²) in [5, 5.41) is 4.38. The largest absolute Gasteiger partial charge is 0.318 e. The van der Waals surface area contributed by atoms with E-state index in [4.69, 9.17) is 5.73 Å². The van der Waals surface area contributed by atoms with E-state index in [0.29, 0.717) is 0 Å². The van der Waals surface area contributed by atoms with Crippen molar-refractivity contribution in [3.8, 4) is 11.8 Å². The normalized spacial score (nSPS) is 12.0. The molecule has 3 heteroatoms. The average Bonchev–Trinajstić information content (AvgIpc) is 2.56. The molecule has 0 fully saturated rings. The fourth-order valence-corrected chi connectivity index (χ4v) is 1.26. The Morgan fingerprint density at radius 1 is 1.53 bits per heavy atom. The second-order valence-corrected chi connectivity index (χ2v) is 3.68. The molecule has 2 N–H and O–H groups in total. The minimum absolute atomic E-state index is 0.0288. The summed E-state index contributed by atoms with van der Waals surface area (Å²) in [4.78, 5) is 0. The molecule has 1 aromatic rings. The van der Waals surface area contributed by atoms with Gasteiger partial charge in [0.1, 0.15) is 0 Å². The number of rotatable bonds is 3. The molecule has 1 aromatic heterocycles. The van der Waals surface area contributed by atoms with E-state index in [-0.39, 0.29) is 6.04 Å². The average molecular weight is 205 g/mol. The molecule has 0 spiro atoms. The second-order valence-electron chi connectivity index (χ2n) is 3.68. The van der Waals surface area contributed by atoms with Crippen molar-refractivity contribution in [3.63, 3.8) is 0 Å². The maximum Gasteiger partial charge on any atom is 0.0750 e. The molecule has 0 aromatic carbocycles. The first-order chi connectivity index (χ1) is 7.17. The van der Waals surface area contributed by atoms with E-state index < -0.39 is 0 Å². The third kappa shape index (κ3) is 3.41.